The summed E-state index contributed by atoms with van der Waals surface area (Å²) in [6.07, 6.45) is 3.81. The molecule has 2 rings (SSSR count). The predicted molar refractivity (Wildman–Crippen MR) is 82.6 cm³/mol. The second-order valence-electron chi connectivity index (χ2n) is 4.98. The first-order chi connectivity index (χ1) is 9.16. The summed E-state index contributed by atoms with van der Waals surface area (Å²) in [5, 5.41) is 5.58. The van der Waals surface area contributed by atoms with Gasteiger partial charge in [-0.05, 0) is 23.1 Å². The van der Waals surface area contributed by atoms with Crippen LogP contribution in [-0.2, 0) is 13.1 Å². The van der Waals surface area contributed by atoms with Gasteiger partial charge in [0.1, 0.15) is 0 Å². The minimum atomic E-state index is 0.489. The molecule has 1 N–H and O–H groups in total. The van der Waals surface area contributed by atoms with E-state index in [0.29, 0.717) is 6.04 Å². The van der Waals surface area contributed by atoms with Crippen LogP contribution in [-0.4, -0.2) is 18.1 Å². The van der Waals surface area contributed by atoms with Gasteiger partial charge in [0, 0.05) is 30.7 Å². The molecule has 2 heterocycles. The zero-order valence-electron chi connectivity index (χ0n) is 11.8. The highest BCUT2D eigenvalue weighted by Crippen LogP contribution is 2.21. The molecule has 0 amide bonds. The highest BCUT2D eigenvalue weighted by molar-refractivity contribution is 7.09. The van der Waals surface area contributed by atoms with Crippen molar-refractivity contribution in [2.75, 3.05) is 11.9 Å². The van der Waals surface area contributed by atoms with E-state index in [2.05, 4.69) is 59.7 Å². The molecule has 0 fully saturated rings. The number of hydrogen-bond donors (Lipinski definition) is 1. The monoisotopic (exact) mass is 275 g/mol. The maximum Gasteiger partial charge on any atom is 0.0599 e. The summed E-state index contributed by atoms with van der Waals surface area (Å²) in [4.78, 5) is 7.89. The molecule has 0 aliphatic heterocycles. The average Bonchev–Trinajstić information content (AvgIpc) is 2.89. The quantitative estimate of drug-likeness (QED) is 0.877. The number of nitrogens with zero attached hydrogens (tertiary/aromatic N) is 2. The van der Waals surface area contributed by atoms with Gasteiger partial charge in [0.25, 0.3) is 0 Å². The van der Waals surface area contributed by atoms with E-state index in [4.69, 9.17) is 0 Å². The number of rotatable bonds is 6. The molecule has 102 valence electrons. The number of pyridine rings is 1. The Morgan fingerprint density at radius 2 is 2.21 bits per heavy atom. The minimum absolute atomic E-state index is 0.489. The molecule has 19 heavy (non-hydrogen) atoms. The Labute approximate surface area is 119 Å². The van der Waals surface area contributed by atoms with Gasteiger partial charge in [-0.1, -0.05) is 19.9 Å². The maximum atomic E-state index is 4.26. The van der Waals surface area contributed by atoms with Crippen LogP contribution in [0, 0.1) is 0 Å². The third kappa shape index (κ3) is 4.04. The van der Waals surface area contributed by atoms with Crippen LogP contribution in [0.3, 0.4) is 0 Å². The van der Waals surface area contributed by atoms with Crippen molar-refractivity contribution < 1.29 is 0 Å². The van der Waals surface area contributed by atoms with Gasteiger partial charge < -0.3 is 10.2 Å². The summed E-state index contributed by atoms with van der Waals surface area (Å²) < 4.78 is 0. The maximum absolute atomic E-state index is 4.26. The van der Waals surface area contributed by atoms with Crippen molar-refractivity contribution >= 4 is 17.0 Å². The standard InChI is InChI=1S/C15H21N3S/c1-12(2)17-9-13-6-7-16-10-15(13)18(3)11-14-5-4-8-19-14/h4-8,10,12,17H,9,11H2,1-3H3. The molecular weight excluding hydrogens is 254 g/mol. The first-order valence-corrected chi connectivity index (χ1v) is 7.44. The molecule has 0 saturated heterocycles. The Morgan fingerprint density at radius 3 is 2.89 bits per heavy atom. The van der Waals surface area contributed by atoms with Crippen molar-refractivity contribution in [3.63, 3.8) is 0 Å². The van der Waals surface area contributed by atoms with Gasteiger partial charge in [0.15, 0.2) is 0 Å². The van der Waals surface area contributed by atoms with Crippen LogP contribution in [0.5, 0.6) is 0 Å². The first-order valence-electron chi connectivity index (χ1n) is 6.56. The van der Waals surface area contributed by atoms with Crippen LogP contribution < -0.4 is 10.2 Å². The van der Waals surface area contributed by atoms with Crippen molar-refractivity contribution in [2.45, 2.75) is 33.0 Å². The highest BCUT2D eigenvalue weighted by Gasteiger charge is 2.09. The lowest BCUT2D eigenvalue weighted by Gasteiger charge is -2.22. The van der Waals surface area contributed by atoms with E-state index < -0.39 is 0 Å². The van der Waals surface area contributed by atoms with Gasteiger partial charge in [0.2, 0.25) is 0 Å². The third-order valence-corrected chi connectivity index (χ3v) is 3.83. The Balaban J connectivity index is 2.09. The molecule has 0 unspecified atom stereocenters. The van der Waals surface area contributed by atoms with Crippen LogP contribution in [0.1, 0.15) is 24.3 Å². The van der Waals surface area contributed by atoms with Crippen molar-refractivity contribution in [1.29, 1.82) is 0 Å². The fourth-order valence-electron chi connectivity index (χ4n) is 1.94. The molecule has 3 nitrogen and oxygen atoms in total. The average molecular weight is 275 g/mol. The fraction of sp³-hybridized carbons (Fsp3) is 0.400. The van der Waals surface area contributed by atoms with Crippen molar-refractivity contribution in [1.82, 2.24) is 10.3 Å². The Morgan fingerprint density at radius 1 is 1.37 bits per heavy atom. The predicted octanol–water partition coefficient (Wildman–Crippen LogP) is 3.28. The molecule has 2 aromatic rings. The summed E-state index contributed by atoms with van der Waals surface area (Å²) in [6.45, 7) is 6.13. The van der Waals surface area contributed by atoms with E-state index >= 15 is 0 Å². The lowest BCUT2D eigenvalue weighted by Crippen LogP contribution is -2.24. The Kier molecular flexibility index (Phi) is 4.93. The van der Waals surface area contributed by atoms with Crippen molar-refractivity contribution in [3.8, 4) is 0 Å². The highest BCUT2D eigenvalue weighted by atomic mass is 32.1. The molecule has 0 aliphatic rings. The number of thiophene rings is 1. The molecular formula is C15H21N3S. The van der Waals surface area contributed by atoms with Crippen LogP contribution in [0.25, 0.3) is 0 Å². The van der Waals surface area contributed by atoms with Crippen LogP contribution in [0.2, 0.25) is 0 Å². The van der Waals surface area contributed by atoms with Crippen LogP contribution in [0.15, 0.2) is 36.0 Å². The van der Waals surface area contributed by atoms with Gasteiger partial charge in [0.05, 0.1) is 18.4 Å². The van der Waals surface area contributed by atoms with E-state index in [1.54, 1.807) is 11.3 Å². The second kappa shape index (κ2) is 6.68. The van der Waals surface area contributed by atoms with E-state index in [-0.39, 0.29) is 0 Å². The molecule has 0 saturated carbocycles. The largest absolute Gasteiger partial charge is 0.368 e. The molecule has 2 aromatic heterocycles. The Bertz CT molecular complexity index is 494. The summed E-state index contributed by atoms with van der Waals surface area (Å²) in [6, 6.07) is 6.85. The Hall–Kier alpha value is -1.39. The zero-order chi connectivity index (χ0) is 13.7. The van der Waals surface area contributed by atoms with E-state index in [9.17, 15) is 0 Å². The molecule has 0 spiro atoms. The van der Waals surface area contributed by atoms with Gasteiger partial charge >= 0.3 is 0 Å². The van der Waals surface area contributed by atoms with Crippen molar-refractivity contribution in [3.05, 3.63) is 46.4 Å². The summed E-state index contributed by atoms with van der Waals surface area (Å²) >= 11 is 1.79. The number of nitrogens with one attached hydrogen (secondary N) is 1. The van der Waals surface area contributed by atoms with E-state index in [0.717, 1.165) is 13.1 Å². The lowest BCUT2D eigenvalue weighted by atomic mass is 10.2. The molecule has 0 aromatic carbocycles. The van der Waals surface area contributed by atoms with Gasteiger partial charge in [-0.3, -0.25) is 4.98 Å². The molecule has 0 atom stereocenters. The fourth-order valence-corrected chi connectivity index (χ4v) is 2.70. The molecule has 4 heteroatoms. The number of anilines is 1. The number of aromatic nitrogens is 1. The summed E-state index contributed by atoms with van der Waals surface area (Å²) in [5.41, 5.74) is 2.49. The normalized spacial score (nSPS) is 10.9. The van der Waals surface area contributed by atoms with E-state index in [1.807, 2.05) is 12.4 Å². The van der Waals surface area contributed by atoms with Gasteiger partial charge in [-0.2, -0.15) is 0 Å². The molecule has 0 radical (unpaired) electrons. The van der Waals surface area contributed by atoms with Gasteiger partial charge in [-0.25, -0.2) is 0 Å². The second-order valence-corrected chi connectivity index (χ2v) is 6.01. The van der Waals surface area contributed by atoms with Gasteiger partial charge in [-0.15, -0.1) is 11.3 Å². The molecule has 0 bridgehead atoms. The lowest BCUT2D eigenvalue weighted by molar-refractivity contribution is 0.588. The number of hydrogen-bond acceptors (Lipinski definition) is 4. The van der Waals surface area contributed by atoms with Crippen LogP contribution in [0.4, 0.5) is 5.69 Å². The minimum Gasteiger partial charge on any atom is -0.368 e. The summed E-state index contributed by atoms with van der Waals surface area (Å²) in [7, 11) is 2.12. The van der Waals surface area contributed by atoms with Crippen molar-refractivity contribution in [2.24, 2.45) is 0 Å². The summed E-state index contributed by atoms with van der Waals surface area (Å²) in [5.74, 6) is 0. The third-order valence-electron chi connectivity index (χ3n) is 2.97. The zero-order valence-corrected chi connectivity index (χ0v) is 12.6. The smallest absolute Gasteiger partial charge is 0.0599 e. The van der Waals surface area contributed by atoms with E-state index in [1.165, 1.54) is 16.1 Å². The van der Waals surface area contributed by atoms with Crippen LogP contribution >= 0.6 is 11.3 Å². The first kappa shape index (κ1) is 14.0. The SMILES string of the molecule is CC(C)NCc1ccncc1N(C)Cc1cccs1. The topological polar surface area (TPSA) is 28.2 Å². The molecule has 0 aliphatic carbocycles.